The van der Waals surface area contributed by atoms with Crippen molar-refractivity contribution in [2.75, 3.05) is 13.2 Å². The molecule has 2 rings (SSSR count). The van der Waals surface area contributed by atoms with Gasteiger partial charge in [-0.1, -0.05) is 18.2 Å². The second-order valence-electron chi connectivity index (χ2n) is 4.52. The molecule has 0 aliphatic carbocycles. The van der Waals surface area contributed by atoms with Crippen LogP contribution in [0.1, 0.15) is 18.5 Å². The van der Waals surface area contributed by atoms with E-state index in [-0.39, 0.29) is 12.6 Å². The first-order chi connectivity index (χ1) is 9.20. The lowest BCUT2D eigenvalue weighted by Crippen LogP contribution is -2.31. The van der Waals surface area contributed by atoms with Crippen LogP contribution in [0.2, 0.25) is 0 Å². The quantitative estimate of drug-likeness (QED) is 0.722. The molecule has 0 bridgehead atoms. The molecule has 2 unspecified atom stereocenters. The van der Waals surface area contributed by atoms with Gasteiger partial charge in [0.1, 0.15) is 0 Å². The van der Waals surface area contributed by atoms with Crippen LogP contribution in [0.5, 0.6) is 0 Å². The van der Waals surface area contributed by atoms with E-state index in [9.17, 15) is 5.11 Å². The number of benzene rings is 1. The van der Waals surface area contributed by atoms with E-state index >= 15 is 0 Å². The summed E-state index contributed by atoms with van der Waals surface area (Å²) < 4.78 is 1.82. The first kappa shape index (κ1) is 13.7. The number of nitrogens with zero attached hydrogens (tertiary/aromatic N) is 2. The number of rotatable bonds is 6. The van der Waals surface area contributed by atoms with E-state index in [0.29, 0.717) is 6.54 Å². The van der Waals surface area contributed by atoms with Gasteiger partial charge in [-0.05, 0) is 19.1 Å². The minimum atomic E-state index is -0.730. The van der Waals surface area contributed by atoms with Gasteiger partial charge in [-0.25, -0.2) is 4.68 Å². The molecule has 19 heavy (non-hydrogen) atoms. The third-order valence-corrected chi connectivity index (χ3v) is 2.99. The summed E-state index contributed by atoms with van der Waals surface area (Å²) in [6.07, 6.45) is 3.03. The van der Waals surface area contributed by atoms with Crippen molar-refractivity contribution < 1.29 is 10.2 Å². The molecule has 1 aromatic carbocycles. The van der Waals surface area contributed by atoms with Crippen LogP contribution in [0, 0.1) is 0 Å². The summed E-state index contributed by atoms with van der Waals surface area (Å²) in [5.41, 5.74) is 2.05. The molecule has 102 valence electrons. The Morgan fingerprint density at radius 1 is 1.32 bits per heavy atom. The fraction of sp³-hybridized carbons (Fsp3) is 0.357. The first-order valence-electron chi connectivity index (χ1n) is 6.33. The van der Waals surface area contributed by atoms with Gasteiger partial charge in [-0.3, -0.25) is 0 Å². The monoisotopic (exact) mass is 261 g/mol. The molecular weight excluding hydrogens is 242 g/mol. The summed E-state index contributed by atoms with van der Waals surface area (Å²) in [6.45, 7) is 2.12. The van der Waals surface area contributed by atoms with Crippen molar-refractivity contribution in [1.82, 2.24) is 15.1 Å². The largest absolute Gasteiger partial charge is 0.394 e. The van der Waals surface area contributed by atoms with Crippen LogP contribution < -0.4 is 5.32 Å². The molecule has 0 amide bonds. The highest BCUT2D eigenvalue weighted by atomic mass is 16.3. The number of hydrogen-bond donors (Lipinski definition) is 3. The molecule has 0 aliphatic heterocycles. The van der Waals surface area contributed by atoms with E-state index in [1.54, 1.807) is 6.20 Å². The maximum atomic E-state index is 9.30. The van der Waals surface area contributed by atoms with E-state index in [1.807, 2.05) is 48.1 Å². The lowest BCUT2D eigenvalue weighted by molar-refractivity contribution is 0.0924. The zero-order chi connectivity index (χ0) is 13.7. The maximum Gasteiger partial charge on any atom is 0.0895 e. The van der Waals surface area contributed by atoms with Crippen molar-refractivity contribution in [1.29, 1.82) is 0 Å². The van der Waals surface area contributed by atoms with Gasteiger partial charge in [0, 0.05) is 24.3 Å². The Kier molecular flexibility index (Phi) is 4.68. The first-order valence-corrected chi connectivity index (χ1v) is 6.33. The van der Waals surface area contributed by atoms with Crippen molar-refractivity contribution in [3.05, 3.63) is 48.3 Å². The molecule has 0 saturated carbocycles. The predicted molar refractivity (Wildman–Crippen MR) is 73.1 cm³/mol. The zero-order valence-corrected chi connectivity index (χ0v) is 10.9. The predicted octanol–water partition coefficient (Wildman–Crippen LogP) is 0.876. The van der Waals surface area contributed by atoms with Gasteiger partial charge in [0.2, 0.25) is 0 Å². The number of aliphatic hydroxyl groups is 2. The maximum absolute atomic E-state index is 9.30. The SMILES string of the molecule is CC(NCC(O)CO)c1cnn(-c2ccccc2)c1. The molecule has 3 N–H and O–H groups in total. The third kappa shape index (κ3) is 3.64. The second-order valence-corrected chi connectivity index (χ2v) is 4.52. The van der Waals surface area contributed by atoms with E-state index < -0.39 is 6.10 Å². The van der Waals surface area contributed by atoms with Crippen LogP contribution in [0.3, 0.4) is 0 Å². The molecule has 2 aromatic rings. The summed E-state index contributed by atoms with van der Waals surface area (Å²) in [4.78, 5) is 0. The third-order valence-electron chi connectivity index (χ3n) is 2.99. The van der Waals surface area contributed by atoms with E-state index in [4.69, 9.17) is 5.11 Å². The Balaban J connectivity index is 2.01. The molecular formula is C14H19N3O2. The number of para-hydroxylation sites is 1. The molecule has 1 heterocycles. The molecule has 0 spiro atoms. The molecule has 0 saturated heterocycles. The smallest absolute Gasteiger partial charge is 0.0895 e. The number of aromatic nitrogens is 2. The van der Waals surface area contributed by atoms with Crippen LogP contribution in [0.4, 0.5) is 0 Å². The normalized spacial score (nSPS) is 14.3. The average molecular weight is 261 g/mol. The van der Waals surface area contributed by atoms with Gasteiger partial charge >= 0.3 is 0 Å². The topological polar surface area (TPSA) is 70.3 Å². The Hall–Kier alpha value is -1.69. The molecule has 5 nitrogen and oxygen atoms in total. The van der Waals surface area contributed by atoms with Gasteiger partial charge in [-0.15, -0.1) is 0 Å². The van der Waals surface area contributed by atoms with Gasteiger partial charge in [-0.2, -0.15) is 5.10 Å². The van der Waals surface area contributed by atoms with Crippen LogP contribution in [-0.2, 0) is 0 Å². The summed E-state index contributed by atoms with van der Waals surface area (Å²) in [5, 5.41) is 25.5. The summed E-state index contributed by atoms with van der Waals surface area (Å²) in [7, 11) is 0. The Morgan fingerprint density at radius 3 is 2.74 bits per heavy atom. The molecule has 2 atom stereocenters. The van der Waals surface area contributed by atoms with Crippen LogP contribution in [-0.4, -0.2) is 39.2 Å². The molecule has 0 aliphatic rings. The highest BCUT2D eigenvalue weighted by molar-refractivity contribution is 5.31. The highest BCUT2D eigenvalue weighted by Crippen LogP contribution is 2.14. The summed E-state index contributed by atoms with van der Waals surface area (Å²) in [6, 6.07) is 9.95. The molecule has 0 fully saturated rings. The number of aliphatic hydroxyl groups excluding tert-OH is 2. The fourth-order valence-electron chi connectivity index (χ4n) is 1.78. The van der Waals surface area contributed by atoms with E-state index in [1.165, 1.54) is 0 Å². The van der Waals surface area contributed by atoms with Crippen molar-refractivity contribution in [3.8, 4) is 5.69 Å². The van der Waals surface area contributed by atoms with Crippen molar-refractivity contribution in [3.63, 3.8) is 0 Å². The lowest BCUT2D eigenvalue weighted by Gasteiger charge is -2.14. The Bertz CT molecular complexity index is 498. The van der Waals surface area contributed by atoms with E-state index in [2.05, 4.69) is 10.4 Å². The molecule has 0 radical (unpaired) electrons. The fourth-order valence-corrected chi connectivity index (χ4v) is 1.78. The van der Waals surface area contributed by atoms with E-state index in [0.717, 1.165) is 11.3 Å². The van der Waals surface area contributed by atoms with Gasteiger partial charge in [0.05, 0.1) is 24.6 Å². The standard InChI is InChI=1S/C14H19N3O2/c1-11(15-8-14(19)10-18)12-7-16-17(9-12)13-5-3-2-4-6-13/h2-7,9,11,14-15,18-19H,8,10H2,1H3. The van der Waals surface area contributed by atoms with Crippen LogP contribution in [0.25, 0.3) is 5.69 Å². The minimum absolute atomic E-state index is 0.0682. The summed E-state index contributed by atoms with van der Waals surface area (Å²) >= 11 is 0. The van der Waals surface area contributed by atoms with Crippen LogP contribution >= 0.6 is 0 Å². The molecule has 5 heteroatoms. The zero-order valence-electron chi connectivity index (χ0n) is 10.9. The van der Waals surface area contributed by atoms with Crippen molar-refractivity contribution in [2.45, 2.75) is 19.1 Å². The lowest BCUT2D eigenvalue weighted by atomic mass is 10.2. The second kappa shape index (κ2) is 6.47. The Morgan fingerprint density at radius 2 is 2.05 bits per heavy atom. The van der Waals surface area contributed by atoms with Crippen molar-refractivity contribution >= 4 is 0 Å². The number of hydrogen-bond acceptors (Lipinski definition) is 4. The highest BCUT2D eigenvalue weighted by Gasteiger charge is 2.10. The van der Waals surface area contributed by atoms with Gasteiger partial charge in [0.25, 0.3) is 0 Å². The number of nitrogens with one attached hydrogen (secondary N) is 1. The molecule has 1 aromatic heterocycles. The summed E-state index contributed by atoms with van der Waals surface area (Å²) in [5.74, 6) is 0. The van der Waals surface area contributed by atoms with Crippen molar-refractivity contribution in [2.24, 2.45) is 0 Å². The average Bonchev–Trinajstić information content (AvgIpc) is 2.95. The van der Waals surface area contributed by atoms with Crippen LogP contribution in [0.15, 0.2) is 42.7 Å². The van der Waals surface area contributed by atoms with Gasteiger partial charge in [0.15, 0.2) is 0 Å². The Labute approximate surface area is 112 Å². The van der Waals surface area contributed by atoms with Gasteiger partial charge < -0.3 is 15.5 Å². The minimum Gasteiger partial charge on any atom is -0.394 e.